The van der Waals surface area contributed by atoms with E-state index in [-0.39, 0.29) is 18.3 Å². The SMILES string of the molecule is Cc1cc[nH]c1CC(N)=O.Cl. The Labute approximate surface area is 71.4 Å². The normalized spacial score (nSPS) is 8.82. The number of nitrogens with two attached hydrogens (primary N) is 1. The lowest BCUT2D eigenvalue weighted by molar-refractivity contribution is -0.117. The summed E-state index contributed by atoms with van der Waals surface area (Å²) in [4.78, 5) is 13.4. The highest BCUT2D eigenvalue weighted by Gasteiger charge is 2.01. The number of H-pyrrole nitrogens is 1. The van der Waals surface area contributed by atoms with Crippen LogP contribution in [0, 0.1) is 6.92 Å². The van der Waals surface area contributed by atoms with Gasteiger partial charge in [0.1, 0.15) is 0 Å². The Morgan fingerprint density at radius 2 is 2.36 bits per heavy atom. The minimum absolute atomic E-state index is 0. The van der Waals surface area contributed by atoms with Crippen LogP contribution in [0.5, 0.6) is 0 Å². The van der Waals surface area contributed by atoms with Gasteiger partial charge in [-0.3, -0.25) is 4.79 Å². The van der Waals surface area contributed by atoms with Crippen LogP contribution >= 0.6 is 12.4 Å². The monoisotopic (exact) mass is 174 g/mol. The third kappa shape index (κ3) is 2.63. The highest BCUT2D eigenvalue weighted by atomic mass is 35.5. The van der Waals surface area contributed by atoms with Crippen LogP contribution in [0.15, 0.2) is 12.3 Å². The molecule has 0 unspecified atom stereocenters. The van der Waals surface area contributed by atoms with Crippen molar-refractivity contribution in [3.05, 3.63) is 23.5 Å². The van der Waals surface area contributed by atoms with E-state index in [1.165, 1.54) is 0 Å². The minimum Gasteiger partial charge on any atom is -0.369 e. The molecule has 0 bridgehead atoms. The minimum atomic E-state index is -0.300. The molecule has 4 heteroatoms. The smallest absolute Gasteiger partial charge is 0.223 e. The van der Waals surface area contributed by atoms with Crippen molar-refractivity contribution in [3.8, 4) is 0 Å². The van der Waals surface area contributed by atoms with Gasteiger partial charge < -0.3 is 10.7 Å². The average molecular weight is 175 g/mol. The fourth-order valence-corrected chi connectivity index (χ4v) is 0.846. The second-order valence-electron chi connectivity index (χ2n) is 2.28. The van der Waals surface area contributed by atoms with Crippen molar-refractivity contribution in [2.24, 2.45) is 5.73 Å². The second kappa shape index (κ2) is 4.03. The third-order valence-electron chi connectivity index (χ3n) is 1.42. The van der Waals surface area contributed by atoms with Crippen molar-refractivity contribution in [1.82, 2.24) is 4.98 Å². The highest BCUT2D eigenvalue weighted by Crippen LogP contribution is 2.03. The summed E-state index contributed by atoms with van der Waals surface area (Å²) in [5.74, 6) is -0.300. The summed E-state index contributed by atoms with van der Waals surface area (Å²) in [6.45, 7) is 1.94. The van der Waals surface area contributed by atoms with Gasteiger partial charge in [-0.25, -0.2) is 0 Å². The molecule has 0 atom stereocenters. The standard InChI is InChI=1S/C7H10N2O.ClH/c1-5-2-3-9-6(5)4-7(8)10;/h2-3,9H,4H2,1H3,(H2,8,10);1H. The zero-order valence-electron chi connectivity index (χ0n) is 6.26. The first-order valence-electron chi connectivity index (χ1n) is 3.11. The van der Waals surface area contributed by atoms with E-state index in [4.69, 9.17) is 5.73 Å². The molecule has 0 saturated carbocycles. The number of carbonyl (C=O) groups excluding carboxylic acids is 1. The van der Waals surface area contributed by atoms with Crippen LogP contribution in [-0.4, -0.2) is 10.9 Å². The van der Waals surface area contributed by atoms with Gasteiger partial charge in [0.05, 0.1) is 6.42 Å². The molecule has 11 heavy (non-hydrogen) atoms. The summed E-state index contributed by atoms with van der Waals surface area (Å²) >= 11 is 0. The quantitative estimate of drug-likeness (QED) is 0.684. The van der Waals surface area contributed by atoms with Crippen LogP contribution in [0.1, 0.15) is 11.3 Å². The van der Waals surface area contributed by atoms with E-state index in [0.29, 0.717) is 6.42 Å². The van der Waals surface area contributed by atoms with Crippen molar-refractivity contribution in [3.63, 3.8) is 0 Å². The Balaban J connectivity index is 0.000001000. The summed E-state index contributed by atoms with van der Waals surface area (Å²) in [5.41, 5.74) is 6.99. The molecule has 1 aromatic heterocycles. The number of carbonyl (C=O) groups is 1. The molecule has 0 saturated heterocycles. The first-order chi connectivity index (χ1) is 4.70. The molecular formula is C7H11ClN2O. The predicted molar refractivity (Wildman–Crippen MR) is 45.7 cm³/mol. The number of halogens is 1. The van der Waals surface area contributed by atoms with Gasteiger partial charge in [-0.05, 0) is 18.6 Å². The fourth-order valence-electron chi connectivity index (χ4n) is 0.846. The number of aryl methyl sites for hydroxylation is 1. The summed E-state index contributed by atoms with van der Waals surface area (Å²) in [5, 5.41) is 0. The number of nitrogens with one attached hydrogen (secondary N) is 1. The van der Waals surface area contributed by atoms with Gasteiger partial charge in [0.2, 0.25) is 5.91 Å². The van der Waals surface area contributed by atoms with E-state index < -0.39 is 0 Å². The van der Waals surface area contributed by atoms with E-state index in [2.05, 4.69) is 4.98 Å². The Bertz CT molecular complexity index is 244. The molecular weight excluding hydrogens is 164 g/mol. The van der Waals surface area contributed by atoms with E-state index in [1.54, 1.807) is 6.20 Å². The van der Waals surface area contributed by atoms with Gasteiger partial charge in [-0.1, -0.05) is 0 Å². The molecule has 62 valence electrons. The van der Waals surface area contributed by atoms with Crippen LogP contribution in [0.3, 0.4) is 0 Å². The molecule has 0 aliphatic carbocycles. The van der Waals surface area contributed by atoms with Gasteiger partial charge >= 0.3 is 0 Å². The van der Waals surface area contributed by atoms with Crippen LogP contribution in [0.2, 0.25) is 0 Å². The summed E-state index contributed by atoms with van der Waals surface area (Å²) in [6, 6.07) is 1.91. The van der Waals surface area contributed by atoms with Crippen LogP contribution in [0.4, 0.5) is 0 Å². The van der Waals surface area contributed by atoms with E-state index >= 15 is 0 Å². The van der Waals surface area contributed by atoms with Crippen molar-refractivity contribution >= 4 is 18.3 Å². The molecule has 0 aromatic carbocycles. The average Bonchev–Trinajstić information content (AvgIpc) is 2.15. The van der Waals surface area contributed by atoms with Gasteiger partial charge in [-0.15, -0.1) is 12.4 Å². The van der Waals surface area contributed by atoms with Crippen molar-refractivity contribution in [2.75, 3.05) is 0 Å². The van der Waals surface area contributed by atoms with Crippen LogP contribution in [0.25, 0.3) is 0 Å². The molecule has 1 amide bonds. The number of primary amides is 1. The maximum Gasteiger partial charge on any atom is 0.223 e. The molecule has 1 rings (SSSR count). The topological polar surface area (TPSA) is 58.9 Å². The summed E-state index contributed by atoms with van der Waals surface area (Å²) in [6.07, 6.45) is 2.10. The zero-order chi connectivity index (χ0) is 7.56. The maximum absolute atomic E-state index is 10.4. The van der Waals surface area contributed by atoms with Crippen molar-refractivity contribution in [1.29, 1.82) is 0 Å². The highest BCUT2D eigenvalue weighted by molar-refractivity contribution is 5.85. The number of rotatable bonds is 2. The zero-order valence-corrected chi connectivity index (χ0v) is 7.07. The Morgan fingerprint density at radius 3 is 2.73 bits per heavy atom. The largest absolute Gasteiger partial charge is 0.369 e. The van der Waals surface area contributed by atoms with Gasteiger partial charge in [0, 0.05) is 11.9 Å². The van der Waals surface area contributed by atoms with Gasteiger partial charge in [-0.2, -0.15) is 0 Å². The van der Waals surface area contributed by atoms with E-state index in [9.17, 15) is 4.79 Å². The summed E-state index contributed by atoms with van der Waals surface area (Å²) < 4.78 is 0. The Kier molecular flexibility index (Phi) is 3.68. The molecule has 1 aromatic rings. The molecule has 0 fully saturated rings. The molecule has 1 heterocycles. The van der Waals surface area contributed by atoms with E-state index in [0.717, 1.165) is 11.3 Å². The number of hydrogen-bond donors (Lipinski definition) is 2. The number of amides is 1. The first kappa shape index (κ1) is 10.0. The summed E-state index contributed by atoms with van der Waals surface area (Å²) in [7, 11) is 0. The first-order valence-corrected chi connectivity index (χ1v) is 3.11. The number of aromatic nitrogens is 1. The van der Waals surface area contributed by atoms with Crippen molar-refractivity contribution < 1.29 is 4.79 Å². The van der Waals surface area contributed by atoms with Crippen molar-refractivity contribution in [2.45, 2.75) is 13.3 Å². The lowest BCUT2D eigenvalue weighted by Crippen LogP contribution is -2.14. The second-order valence-corrected chi connectivity index (χ2v) is 2.28. The van der Waals surface area contributed by atoms with E-state index in [1.807, 2.05) is 13.0 Å². The van der Waals surface area contributed by atoms with Crippen LogP contribution < -0.4 is 5.73 Å². The molecule has 3 N–H and O–H groups in total. The molecule has 3 nitrogen and oxygen atoms in total. The maximum atomic E-state index is 10.4. The molecule has 0 aliphatic heterocycles. The predicted octanol–water partition coefficient (Wildman–Crippen LogP) is 0.773. The van der Waals surface area contributed by atoms with Crippen LogP contribution in [-0.2, 0) is 11.2 Å². The Hall–Kier alpha value is -0.960. The fraction of sp³-hybridized carbons (Fsp3) is 0.286. The molecule has 0 spiro atoms. The Morgan fingerprint density at radius 1 is 1.73 bits per heavy atom. The lowest BCUT2D eigenvalue weighted by atomic mass is 10.2. The third-order valence-corrected chi connectivity index (χ3v) is 1.42. The molecule has 0 aliphatic rings. The number of hydrogen-bond acceptors (Lipinski definition) is 1. The van der Waals surface area contributed by atoms with Gasteiger partial charge in [0.25, 0.3) is 0 Å². The van der Waals surface area contributed by atoms with Gasteiger partial charge in [0.15, 0.2) is 0 Å². The molecule has 0 radical (unpaired) electrons. The lowest BCUT2D eigenvalue weighted by Gasteiger charge is -1.93. The number of aromatic amines is 1.